The molecule has 1 fully saturated rings. The molecule has 1 aromatic rings. The van der Waals surface area contributed by atoms with Crippen molar-refractivity contribution < 1.29 is 4.79 Å². The van der Waals surface area contributed by atoms with Crippen LogP contribution in [0.3, 0.4) is 0 Å². The van der Waals surface area contributed by atoms with E-state index >= 15 is 0 Å². The summed E-state index contributed by atoms with van der Waals surface area (Å²) in [6.07, 6.45) is 7.48. The van der Waals surface area contributed by atoms with Crippen LogP contribution in [0.5, 0.6) is 0 Å². The molecule has 0 bridgehead atoms. The highest BCUT2D eigenvalue weighted by molar-refractivity contribution is 5.85. The maximum atomic E-state index is 11.2. The number of hydrogen-bond donors (Lipinski definition) is 0. The normalized spacial score (nSPS) is 20.1. The molecule has 2 nitrogen and oxygen atoms in total. The standard InChI is InChI=1S/C17H25NO/c1-3-5-15-6-4-10-18(11-9-15)17-8-7-14(2)12-16(17)13-19/h7-8,12-13,15H,3-6,9-11H2,1-2H3. The minimum absolute atomic E-state index is 0.842. The highest BCUT2D eigenvalue weighted by atomic mass is 16.1. The SMILES string of the molecule is CCCC1CCCN(c2ccc(C)cc2C=O)CC1. The van der Waals surface area contributed by atoms with Gasteiger partial charge in [-0.25, -0.2) is 0 Å². The molecule has 0 N–H and O–H groups in total. The zero-order chi connectivity index (χ0) is 13.7. The molecule has 1 atom stereocenters. The summed E-state index contributed by atoms with van der Waals surface area (Å²) < 4.78 is 0. The molecule has 0 radical (unpaired) electrons. The number of benzene rings is 1. The van der Waals surface area contributed by atoms with E-state index in [1.54, 1.807) is 0 Å². The quantitative estimate of drug-likeness (QED) is 0.755. The zero-order valence-electron chi connectivity index (χ0n) is 12.2. The van der Waals surface area contributed by atoms with E-state index < -0.39 is 0 Å². The monoisotopic (exact) mass is 259 g/mol. The summed E-state index contributed by atoms with van der Waals surface area (Å²) in [7, 11) is 0. The Morgan fingerprint density at radius 3 is 2.89 bits per heavy atom. The minimum Gasteiger partial charge on any atom is -0.371 e. The third-order valence-corrected chi connectivity index (χ3v) is 4.20. The van der Waals surface area contributed by atoms with Crippen LogP contribution in [0.15, 0.2) is 18.2 Å². The lowest BCUT2D eigenvalue weighted by Crippen LogP contribution is -2.25. The molecular weight excluding hydrogens is 234 g/mol. The van der Waals surface area contributed by atoms with Crippen molar-refractivity contribution in [1.82, 2.24) is 0 Å². The molecule has 0 aromatic heterocycles. The number of aryl methyl sites for hydroxylation is 1. The third kappa shape index (κ3) is 3.59. The van der Waals surface area contributed by atoms with Gasteiger partial charge in [0.25, 0.3) is 0 Å². The molecule has 1 saturated heterocycles. The van der Waals surface area contributed by atoms with Crippen molar-refractivity contribution in [2.75, 3.05) is 18.0 Å². The number of aldehydes is 1. The summed E-state index contributed by atoms with van der Waals surface area (Å²) in [5, 5.41) is 0. The van der Waals surface area contributed by atoms with Crippen LogP contribution >= 0.6 is 0 Å². The van der Waals surface area contributed by atoms with E-state index in [0.717, 1.165) is 42.1 Å². The first-order chi connectivity index (χ1) is 9.24. The van der Waals surface area contributed by atoms with Gasteiger partial charge in [-0.05, 0) is 44.2 Å². The molecule has 2 heteroatoms. The zero-order valence-corrected chi connectivity index (χ0v) is 12.2. The first kappa shape index (κ1) is 14.1. The highest BCUT2D eigenvalue weighted by Gasteiger charge is 2.18. The number of nitrogens with zero attached hydrogens (tertiary/aromatic N) is 1. The van der Waals surface area contributed by atoms with Crippen LogP contribution in [0.25, 0.3) is 0 Å². The fraction of sp³-hybridized carbons (Fsp3) is 0.588. The molecule has 1 heterocycles. The van der Waals surface area contributed by atoms with E-state index in [9.17, 15) is 4.79 Å². The van der Waals surface area contributed by atoms with Crippen LogP contribution in [0.4, 0.5) is 5.69 Å². The van der Waals surface area contributed by atoms with E-state index in [0.29, 0.717) is 0 Å². The predicted molar refractivity (Wildman–Crippen MR) is 81.0 cm³/mol. The second kappa shape index (κ2) is 6.74. The summed E-state index contributed by atoms with van der Waals surface area (Å²) in [5.41, 5.74) is 3.12. The summed E-state index contributed by atoms with van der Waals surface area (Å²) in [6, 6.07) is 6.21. The van der Waals surface area contributed by atoms with Crippen LogP contribution < -0.4 is 4.90 Å². The van der Waals surface area contributed by atoms with Crippen LogP contribution in [0.1, 0.15) is 54.9 Å². The number of rotatable bonds is 4. The van der Waals surface area contributed by atoms with Gasteiger partial charge in [0.15, 0.2) is 6.29 Å². The molecule has 0 saturated carbocycles. The largest absolute Gasteiger partial charge is 0.371 e. The van der Waals surface area contributed by atoms with E-state index in [1.165, 1.54) is 32.1 Å². The molecule has 2 rings (SSSR count). The smallest absolute Gasteiger partial charge is 0.152 e. The molecule has 1 aliphatic heterocycles. The van der Waals surface area contributed by atoms with E-state index in [4.69, 9.17) is 0 Å². The molecule has 19 heavy (non-hydrogen) atoms. The maximum Gasteiger partial charge on any atom is 0.152 e. The van der Waals surface area contributed by atoms with Gasteiger partial charge < -0.3 is 4.90 Å². The molecule has 0 spiro atoms. The van der Waals surface area contributed by atoms with E-state index in [1.807, 2.05) is 13.0 Å². The van der Waals surface area contributed by atoms with Gasteiger partial charge >= 0.3 is 0 Å². The number of hydrogen-bond acceptors (Lipinski definition) is 2. The van der Waals surface area contributed by atoms with Gasteiger partial charge in [-0.3, -0.25) is 4.79 Å². The van der Waals surface area contributed by atoms with E-state index in [-0.39, 0.29) is 0 Å². The Balaban J connectivity index is 2.11. The lowest BCUT2D eigenvalue weighted by atomic mass is 9.96. The second-order valence-electron chi connectivity index (χ2n) is 5.75. The Morgan fingerprint density at radius 2 is 2.16 bits per heavy atom. The number of anilines is 1. The first-order valence-corrected chi connectivity index (χ1v) is 7.55. The van der Waals surface area contributed by atoms with Crippen molar-refractivity contribution in [3.8, 4) is 0 Å². The van der Waals surface area contributed by atoms with Crippen LogP contribution in [-0.2, 0) is 0 Å². The molecule has 1 aromatic carbocycles. The summed E-state index contributed by atoms with van der Waals surface area (Å²) in [5.74, 6) is 0.875. The number of carbonyl (C=O) groups excluding carboxylic acids is 1. The van der Waals surface area contributed by atoms with Crippen molar-refractivity contribution in [2.45, 2.75) is 46.0 Å². The van der Waals surface area contributed by atoms with Gasteiger partial charge in [0, 0.05) is 24.3 Å². The van der Waals surface area contributed by atoms with Crippen molar-refractivity contribution in [2.24, 2.45) is 5.92 Å². The summed E-state index contributed by atoms with van der Waals surface area (Å²) in [6.45, 7) is 6.49. The lowest BCUT2D eigenvalue weighted by molar-refractivity contribution is 0.112. The van der Waals surface area contributed by atoms with E-state index in [2.05, 4.69) is 24.0 Å². The van der Waals surface area contributed by atoms with Gasteiger partial charge in [-0.15, -0.1) is 0 Å². The first-order valence-electron chi connectivity index (χ1n) is 7.55. The lowest BCUT2D eigenvalue weighted by Gasteiger charge is -2.24. The van der Waals surface area contributed by atoms with Gasteiger partial charge in [-0.2, -0.15) is 0 Å². The predicted octanol–water partition coefficient (Wildman–Crippen LogP) is 4.21. The third-order valence-electron chi connectivity index (χ3n) is 4.20. The molecule has 0 amide bonds. The molecular formula is C17H25NO. The van der Waals surface area contributed by atoms with Crippen molar-refractivity contribution >= 4 is 12.0 Å². The maximum absolute atomic E-state index is 11.2. The van der Waals surface area contributed by atoms with Gasteiger partial charge in [0.05, 0.1) is 0 Å². The second-order valence-corrected chi connectivity index (χ2v) is 5.75. The van der Waals surface area contributed by atoms with Gasteiger partial charge in [0.2, 0.25) is 0 Å². The topological polar surface area (TPSA) is 20.3 Å². The van der Waals surface area contributed by atoms with Crippen molar-refractivity contribution in [3.63, 3.8) is 0 Å². The fourth-order valence-corrected chi connectivity index (χ4v) is 3.16. The van der Waals surface area contributed by atoms with Crippen LogP contribution in [0.2, 0.25) is 0 Å². The summed E-state index contributed by atoms with van der Waals surface area (Å²) >= 11 is 0. The minimum atomic E-state index is 0.842. The number of carbonyl (C=O) groups is 1. The fourth-order valence-electron chi connectivity index (χ4n) is 3.16. The summed E-state index contributed by atoms with van der Waals surface area (Å²) in [4.78, 5) is 13.6. The van der Waals surface area contributed by atoms with Crippen molar-refractivity contribution in [3.05, 3.63) is 29.3 Å². The Bertz CT molecular complexity index is 427. The van der Waals surface area contributed by atoms with Gasteiger partial charge in [-0.1, -0.05) is 31.4 Å². The van der Waals surface area contributed by atoms with Crippen LogP contribution in [0, 0.1) is 12.8 Å². The molecule has 1 aliphatic rings. The average molecular weight is 259 g/mol. The van der Waals surface area contributed by atoms with Crippen molar-refractivity contribution in [1.29, 1.82) is 0 Å². The molecule has 104 valence electrons. The highest BCUT2D eigenvalue weighted by Crippen LogP contribution is 2.27. The Morgan fingerprint density at radius 1 is 1.32 bits per heavy atom. The Hall–Kier alpha value is -1.31. The Labute approximate surface area is 116 Å². The van der Waals surface area contributed by atoms with Gasteiger partial charge in [0.1, 0.15) is 0 Å². The van der Waals surface area contributed by atoms with Crippen LogP contribution in [-0.4, -0.2) is 19.4 Å². The Kier molecular flexibility index (Phi) is 5.00. The average Bonchev–Trinajstić information content (AvgIpc) is 2.65. The molecule has 1 unspecified atom stereocenters. The molecule has 0 aliphatic carbocycles.